The molecule has 1 fully saturated rings. The van der Waals surface area contributed by atoms with Crippen LogP contribution in [0.15, 0.2) is 60.7 Å². The third-order valence-corrected chi connectivity index (χ3v) is 6.63. The smallest absolute Gasteiger partial charge is 0.348 e. The minimum absolute atomic E-state index is 0.133. The molecule has 0 bridgehead atoms. The molecule has 174 valence electrons. The van der Waals surface area contributed by atoms with Crippen LogP contribution in [0.2, 0.25) is 5.02 Å². The largest absolute Gasteiger partial charge is 0.477 e. The van der Waals surface area contributed by atoms with Crippen LogP contribution in [0.4, 0.5) is 10.5 Å². The Balaban J connectivity index is 0.00000149. The average molecular weight is 598 g/mol. The number of amides is 2. The molecule has 4 rings (SSSR count). The van der Waals surface area contributed by atoms with Gasteiger partial charge in [-0.2, -0.15) is 0 Å². The topological polar surface area (TPSA) is 72.9 Å². The maximum absolute atomic E-state index is 12.8. The van der Waals surface area contributed by atoms with Gasteiger partial charge in [-0.25, -0.2) is 9.59 Å². The Hall–Kier alpha value is -2.14. The Morgan fingerprint density at radius 2 is 1.67 bits per heavy atom. The number of hydrogen-bond acceptors (Lipinski definition) is 4. The zero-order valence-electron chi connectivity index (χ0n) is 18.1. The van der Waals surface area contributed by atoms with E-state index < -0.39 is 5.97 Å². The summed E-state index contributed by atoms with van der Waals surface area (Å²) in [6.07, 6.45) is 0. The highest BCUT2D eigenvalue weighted by molar-refractivity contribution is 14.1. The summed E-state index contributed by atoms with van der Waals surface area (Å²) >= 11 is 9.25. The van der Waals surface area contributed by atoms with Gasteiger partial charge in [-0.15, -0.1) is 11.3 Å². The number of carboxylic acids is 1. The second-order valence-electron chi connectivity index (χ2n) is 7.34. The van der Waals surface area contributed by atoms with Crippen LogP contribution < -0.4 is 5.32 Å². The summed E-state index contributed by atoms with van der Waals surface area (Å²) in [5.41, 5.74) is 2.44. The van der Waals surface area contributed by atoms with Gasteiger partial charge in [0, 0.05) is 42.6 Å². The van der Waals surface area contributed by atoms with E-state index in [1.54, 1.807) is 11.0 Å². The van der Waals surface area contributed by atoms with E-state index in [1.165, 1.54) is 5.56 Å². The molecule has 2 amide bonds. The Bertz CT molecular complexity index is 1070. The third-order valence-electron chi connectivity index (χ3n) is 5.21. The van der Waals surface area contributed by atoms with Crippen molar-refractivity contribution in [2.75, 3.05) is 36.4 Å². The molecule has 0 aliphatic carbocycles. The number of carboxylic acid groups (broad SMARTS) is 1. The van der Waals surface area contributed by atoms with Gasteiger partial charge in [-0.3, -0.25) is 4.90 Å². The van der Waals surface area contributed by atoms with Crippen molar-refractivity contribution in [2.24, 2.45) is 0 Å². The Morgan fingerprint density at radius 1 is 1.03 bits per heavy atom. The molecule has 1 aromatic heterocycles. The molecule has 1 aliphatic rings. The molecule has 2 N–H and O–H groups in total. The number of anilines is 1. The molecule has 0 unspecified atom stereocenters. The predicted octanol–water partition coefficient (Wildman–Crippen LogP) is 6.17. The third kappa shape index (κ3) is 6.92. The minimum Gasteiger partial charge on any atom is -0.477 e. The SMILES string of the molecule is CI.O=C(O)c1sc(-c2ccccc2)cc1NC(=O)N1CCN(Cc2ccc(Cl)cc2)CC1. The number of nitrogens with one attached hydrogen (secondary N) is 1. The predicted molar refractivity (Wildman–Crippen MR) is 144 cm³/mol. The molecule has 2 heterocycles. The Labute approximate surface area is 216 Å². The van der Waals surface area contributed by atoms with Crippen LogP contribution in [-0.4, -0.2) is 58.0 Å². The number of benzene rings is 2. The highest BCUT2D eigenvalue weighted by atomic mass is 127. The normalized spacial score (nSPS) is 13.7. The molecular weight excluding hydrogens is 573 g/mol. The van der Waals surface area contributed by atoms with Crippen LogP contribution >= 0.6 is 45.5 Å². The molecule has 0 spiro atoms. The first-order valence-corrected chi connectivity index (χ1v) is 13.7. The Morgan fingerprint density at radius 3 is 2.27 bits per heavy atom. The molecule has 1 aliphatic heterocycles. The van der Waals surface area contributed by atoms with Crippen molar-refractivity contribution < 1.29 is 14.7 Å². The van der Waals surface area contributed by atoms with E-state index in [2.05, 4.69) is 32.8 Å². The number of halogens is 2. The molecule has 9 heteroatoms. The van der Waals surface area contributed by atoms with E-state index in [0.717, 1.165) is 46.4 Å². The summed E-state index contributed by atoms with van der Waals surface area (Å²) < 4.78 is 0. The van der Waals surface area contributed by atoms with Gasteiger partial charge in [0.1, 0.15) is 4.88 Å². The van der Waals surface area contributed by atoms with E-state index in [4.69, 9.17) is 11.6 Å². The first-order chi connectivity index (χ1) is 16.0. The van der Waals surface area contributed by atoms with E-state index in [0.29, 0.717) is 18.8 Å². The maximum atomic E-state index is 12.8. The number of urea groups is 1. The maximum Gasteiger partial charge on any atom is 0.348 e. The average Bonchev–Trinajstić information content (AvgIpc) is 3.27. The number of hydrogen-bond donors (Lipinski definition) is 2. The van der Waals surface area contributed by atoms with Gasteiger partial charge in [0.05, 0.1) is 5.69 Å². The fourth-order valence-corrected chi connectivity index (χ4v) is 4.62. The van der Waals surface area contributed by atoms with Gasteiger partial charge in [-0.05, 0) is 34.3 Å². The second-order valence-corrected chi connectivity index (χ2v) is 8.83. The lowest BCUT2D eigenvalue weighted by Gasteiger charge is -2.34. The number of alkyl halides is 1. The number of thiophene rings is 1. The molecule has 0 saturated carbocycles. The van der Waals surface area contributed by atoms with Crippen LogP contribution in [0.5, 0.6) is 0 Å². The molecule has 0 radical (unpaired) electrons. The number of carbonyl (C=O) groups is 2. The molecule has 6 nitrogen and oxygen atoms in total. The number of rotatable bonds is 5. The van der Waals surface area contributed by atoms with Crippen LogP contribution in [0.3, 0.4) is 0 Å². The fourth-order valence-electron chi connectivity index (χ4n) is 3.54. The second kappa shape index (κ2) is 12.4. The highest BCUT2D eigenvalue weighted by Gasteiger charge is 2.24. The van der Waals surface area contributed by atoms with E-state index in [1.807, 2.05) is 59.5 Å². The van der Waals surface area contributed by atoms with Gasteiger partial charge >= 0.3 is 12.0 Å². The van der Waals surface area contributed by atoms with Gasteiger partial charge in [-0.1, -0.05) is 76.7 Å². The molecule has 2 aromatic carbocycles. The lowest BCUT2D eigenvalue weighted by atomic mass is 10.2. The van der Waals surface area contributed by atoms with Crippen molar-refractivity contribution in [3.8, 4) is 10.4 Å². The van der Waals surface area contributed by atoms with Crippen molar-refractivity contribution in [1.82, 2.24) is 9.80 Å². The molecule has 0 atom stereocenters. The van der Waals surface area contributed by atoms with Crippen LogP contribution in [0.1, 0.15) is 15.2 Å². The number of piperazine rings is 1. The lowest BCUT2D eigenvalue weighted by molar-refractivity contribution is 0.0703. The van der Waals surface area contributed by atoms with Crippen LogP contribution in [-0.2, 0) is 6.54 Å². The summed E-state index contributed by atoms with van der Waals surface area (Å²) in [6.45, 7) is 3.47. The molecule has 33 heavy (non-hydrogen) atoms. The molecular formula is C24H25ClIN3O3S. The summed E-state index contributed by atoms with van der Waals surface area (Å²) in [5, 5.41) is 13.1. The van der Waals surface area contributed by atoms with Gasteiger partial charge < -0.3 is 15.3 Å². The highest BCUT2D eigenvalue weighted by Crippen LogP contribution is 2.35. The van der Waals surface area contributed by atoms with Crippen molar-refractivity contribution in [2.45, 2.75) is 6.54 Å². The van der Waals surface area contributed by atoms with Crippen LogP contribution in [0.25, 0.3) is 10.4 Å². The zero-order chi connectivity index (χ0) is 23.8. The minimum atomic E-state index is -1.05. The van der Waals surface area contributed by atoms with E-state index >= 15 is 0 Å². The standard InChI is InChI=1S/C23H22ClN3O3S.CH3I/c24-18-8-6-16(7-9-18)15-26-10-12-27(13-11-26)23(30)25-19-14-20(31-21(19)22(28)29)17-4-2-1-3-5-17;1-2/h1-9,14H,10-13,15H2,(H,25,30)(H,28,29);1H3. The zero-order valence-corrected chi connectivity index (χ0v) is 21.9. The Kier molecular flexibility index (Phi) is 9.54. The van der Waals surface area contributed by atoms with Gasteiger partial charge in [0.2, 0.25) is 0 Å². The van der Waals surface area contributed by atoms with E-state index in [-0.39, 0.29) is 10.9 Å². The summed E-state index contributed by atoms with van der Waals surface area (Å²) in [4.78, 5) is 31.4. The van der Waals surface area contributed by atoms with Crippen molar-refractivity contribution in [1.29, 1.82) is 0 Å². The van der Waals surface area contributed by atoms with Gasteiger partial charge in [0.25, 0.3) is 0 Å². The summed E-state index contributed by atoms with van der Waals surface area (Å²) in [6, 6.07) is 18.8. The quantitative estimate of drug-likeness (QED) is 0.273. The van der Waals surface area contributed by atoms with Crippen molar-refractivity contribution in [3.05, 3.63) is 76.1 Å². The number of aromatic carboxylic acids is 1. The first kappa shape index (κ1) is 25.5. The number of carbonyl (C=O) groups excluding carboxylic acids is 1. The molecule has 1 saturated heterocycles. The fraction of sp³-hybridized carbons (Fsp3) is 0.250. The van der Waals surface area contributed by atoms with Crippen molar-refractivity contribution >= 4 is 63.2 Å². The monoisotopic (exact) mass is 597 g/mol. The van der Waals surface area contributed by atoms with Crippen molar-refractivity contribution in [3.63, 3.8) is 0 Å². The first-order valence-electron chi connectivity index (χ1n) is 10.3. The number of nitrogens with zero attached hydrogens (tertiary/aromatic N) is 2. The summed E-state index contributed by atoms with van der Waals surface area (Å²) in [7, 11) is 0. The van der Waals surface area contributed by atoms with E-state index in [9.17, 15) is 14.7 Å². The van der Waals surface area contributed by atoms with Crippen LogP contribution in [0, 0.1) is 0 Å². The molecule has 3 aromatic rings. The lowest BCUT2D eigenvalue weighted by Crippen LogP contribution is -2.49. The summed E-state index contributed by atoms with van der Waals surface area (Å²) in [5.74, 6) is -1.05. The van der Waals surface area contributed by atoms with Gasteiger partial charge in [0.15, 0.2) is 0 Å².